The molecule has 0 radical (unpaired) electrons. The molecular formula is C13H27N3O2. The molecular weight excluding hydrogens is 230 g/mol. The van der Waals surface area contributed by atoms with Crippen molar-refractivity contribution in [1.29, 1.82) is 0 Å². The summed E-state index contributed by atoms with van der Waals surface area (Å²) in [6, 6.07) is 0.439. The predicted molar refractivity (Wildman–Crippen MR) is 72.6 cm³/mol. The average molecular weight is 257 g/mol. The van der Waals surface area contributed by atoms with Gasteiger partial charge in [-0.05, 0) is 27.2 Å². The van der Waals surface area contributed by atoms with E-state index in [1.807, 2.05) is 13.8 Å². The third kappa shape index (κ3) is 6.33. The quantitative estimate of drug-likeness (QED) is 0.640. The van der Waals surface area contributed by atoms with Crippen LogP contribution in [-0.2, 0) is 9.53 Å². The Hall–Kier alpha value is -0.650. The van der Waals surface area contributed by atoms with E-state index in [9.17, 15) is 4.79 Å². The number of nitrogens with one attached hydrogen (secondary N) is 2. The Bertz CT molecular complexity index is 246. The summed E-state index contributed by atoms with van der Waals surface area (Å²) in [5.74, 6) is 0.119. The molecule has 5 nitrogen and oxygen atoms in total. The number of amides is 1. The van der Waals surface area contributed by atoms with Crippen molar-refractivity contribution in [1.82, 2.24) is 15.5 Å². The Kier molecular flexibility index (Phi) is 7.23. The number of piperazine rings is 1. The molecule has 0 aliphatic carbocycles. The Morgan fingerprint density at radius 3 is 3.00 bits per heavy atom. The zero-order valence-electron chi connectivity index (χ0n) is 11.9. The van der Waals surface area contributed by atoms with Gasteiger partial charge in [0.2, 0.25) is 5.91 Å². The van der Waals surface area contributed by atoms with Gasteiger partial charge in [0.05, 0.1) is 12.6 Å². The minimum absolute atomic E-state index is 0.119. The lowest BCUT2D eigenvalue weighted by Gasteiger charge is -2.33. The average Bonchev–Trinajstić information content (AvgIpc) is 2.31. The summed E-state index contributed by atoms with van der Waals surface area (Å²) in [4.78, 5) is 14.0. The molecule has 0 bridgehead atoms. The molecule has 1 aliphatic rings. The van der Waals surface area contributed by atoms with Crippen LogP contribution in [0.4, 0.5) is 0 Å². The van der Waals surface area contributed by atoms with Gasteiger partial charge < -0.3 is 15.4 Å². The van der Waals surface area contributed by atoms with Crippen LogP contribution in [0.3, 0.4) is 0 Å². The Balaban J connectivity index is 2.06. The SMILES string of the molecule is CC(C)OCCCNC(=O)CN1CCNC[C@@H]1C. The number of hydrogen-bond donors (Lipinski definition) is 2. The molecule has 0 aromatic carbocycles. The fourth-order valence-electron chi connectivity index (χ4n) is 1.98. The molecule has 0 saturated carbocycles. The minimum Gasteiger partial charge on any atom is -0.379 e. The Morgan fingerprint density at radius 2 is 2.33 bits per heavy atom. The van der Waals surface area contributed by atoms with E-state index < -0.39 is 0 Å². The molecule has 5 heteroatoms. The third-order valence-electron chi connectivity index (χ3n) is 3.08. The number of hydrogen-bond acceptors (Lipinski definition) is 4. The molecule has 1 saturated heterocycles. The monoisotopic (exact) mass is 257 g/mol. The number of carbonyl (C=O) groups excluding carboxylic acids is 1. The molecule has 0 spiro atoms. The largest absolute Gasteiger partial charge is 0.379 e. The van der Waals surface area contributed by atoms with Crippen molar-refractivity contribution in [2.45, 2.75) is 39.3 Å². The topological polar surface area (TPSA) is 53.6 Å². The minimum atomic E-state index is 0.119. The van der Waals surface area contributed by atoms with E-state index in [-0.39, 0.29) is 12.0 Å². The van der Waals surface area contributed by atoms with Crippen molar-refractivity contribution in [3.05, 3.63) is 0 Å². The lowest BCUT2D eigenvalue weighted by molar-refractivity contribution is -0.123. The smallest absolute Gasteiger partial charge is 0.234 e. The van der Waals surface area contributed by atoms with Crippen molar-refractivity contribution in [2.24, 2.45) is 0 Å². The van der Waals surface area contributed by atoms with Gasteiger partial charge in [0, 0.05) is 38.8 Å². The zero-order chi connectivity index (χ0) is 13.4. The van der Waals surface area contributed by atoms with E-state index in [1.165, 1.54) is 0 Å². The number of rotatable bonds is 7. The van der Waals surface area contributed by atoms with Crippen molar-refractivity contribution < 1.29 is 9.53 Å². The van der Waals surface area contributed by atoms with Gasteiger partial charge in [-0.3, -0.25) is 9.69 Å². The summed E-state index contributed by atoms with van der Waals surface area (Å²) in [5, 5.41) is 6.26. The van der Waals surface area contributed by atoms with E-state index in [4.69, 9.17) is 4.74 Å². The highest BCUT2D eigenvalue weighted by molar-refractivity contribution is 5.78. The second kappa shape index (κ2) is 8.45. The summed E-state index contributed by atoms with van der Waals surface area (Å²) >= 11 is 0. The van der Waals surface area contributed by atoms with Crippen LogP contribution in [0.2, 0.25) is 0 Å². The van der Waals surface area contributed by atoms with Gasteiger partial charge >= 0.3 is 0 Å². The van der Waals surface area contributed by atoms with Crippen LogP contribution in [0.25, 0.3) is 0 Å². The second-order valence-electron chi connectivity index (χ2n) is 5.15. The van der Waals surface area contributed by atoms with Crippen LogP contribution in [0.5, 0.6) is 0 Å². The fourth-order valence-corrected chi connectivity index (χ4v) is 1.98. The summed E-state index contributed by atoms with van der Waals surface area (Å²) in [5.41, 5.74) is 0. The molecule has 1 heterocycles. The molecule has 1 aliphatic heterocycles. The molecule has 1 amide bonds. The number of carbonyl (C=O) groups is 1. The maximum Gasteiger partial charge on any atom is 0.234 e. The van der Waals surface area contributed by atoms with Crippen LogP contribution in [0.1, 0.15) is 27.2 Å². The van der Waals surface area contributed by atoms with Crippen molar-refractivity contribution in [3.8, 4) is 0 Å². The van der Waals surface area contributed by atoms with Gasteiger partial charge in [-0.1, -0.05) is 0 Å². The molecule has 0 aromatic rings. The highest BCUT2D eigenvalue weighted by Crippen LogP contribution is 2.01. The van der Waals surface area contributed by atoms with Crippen LogP contribution >= 0.6 is 0 Å². The van der Waals surface area contributed by atoms with Crippen LogP contribution in [0, 0.1) is 0 Å². The first-order chi connectivity index (χ1) is 8.59. The normalized spacial score (nSPS) is 21.2. The molecule has 106 valence electrons. The van der Waals surface area contributed by atoms with E-state index in [0.717, 1.165) is 26.1 Å². The molecule has 1 rings (SSSR count). The molecule has 18 heavy (non-hydrogen) atoms. The van der Waals surface area contributed by atoms with Crippen LogP contribution < -0.4 is 10.6 Å². The van der Waals surface area contributed by atoms with Crippen molar-refractivity contribution >= 4 is 5.91 Å². The molecule has 2 N–H and O–H groups in total. The molecule has 0 aromatic heterocycles. The summed E-state index contributed by atoms with van der Waals surface area (Å²) in [7, 11) is 0. The van der Waals surface area contributed by atoms with Crippen molar-refractivity contribution in [2.75, 3.05) is 39.3 Å². The Labute approximate surface area is 110 Å². The second-order valence-corrected chi connectivity index (χ2v) is 5.15. The summed E-state index contributed by atoms with van der Waals surface area (Å²) in [6.07, 6.45) is 1.14. The predicted octanol–water partition coefficient (Wildman–Crippen LogP) is 0.211. The van der Waals surface area contributed by atoms with E-state index in [2.05, 4.69) is 22.5 Å². The highest BCUT2D eigenvalue weighted by atomic mass is 16.5. The maximum absolute atomic E-state index is 11.7. The van der Waals surface area contributed by atoms with Gasteiger partial charge in [-0.25, -0.2) is 0 Å². The van der Waals surface area contributed by atoms with E-state index in [1.54, 1.807) is 0 Å². The lowest BCUT2D eigenvalue weighted by atomic mass is 10.2. The Morgan fingerprint density at radius 1 is 1.56 bits per heavy atom. The van der Waals surface area contributed by atoms with Gasteiger partial charge in [0.1, 0.15) is 0 Å². The highest BCUT2D eigenvalue weighted by Gasteiger charge is 2.19. The number of ether oxygens (including phenoxy) is 1. The zero-order valence-corrected chi connectivity index (χ0v) is 11.9. The first kappa shape index (κ1) is 15.4. The van der Waals surface area contributed by atoms with Crippen LogP contribution in [-0.4, -0.2) is 62.3 Å². The van der Waals surface area contributed by atoms with Gasteiger partial charge in [-0.15, -0.1) is 0 Å². The molecule has 1 atom stereocenters. The van der Waals surface area contributed by atoms with E-state index >= 15 is 0 Å². The van der Waals surface area contributed by atoms with E-state index in [0.29, 0.717) is 25.7 Å². The third-order valence-corrected chi connectivity index (χ3v) is 3.08. The van der Waals surface area contributed by atoms with Gasteiger partial charge in [0.25, 0.3) is 0 Å². The first-order valence-electron chi connectivity index (χ1n) is 6.92. The summed E-state index contributed by atoms with van der Waals surface area (Å²) in [6.45, 7) is 11.0. The van der Waals surface area contributed by atoms with Gasteiger partial charge in [0.15, 0.2) is 0 Å². The molecule has 1 fully saturated rings. The maximum atomic E-state index is 11.7. The fraction of sp³-hybridized carbons (Fsp3) is 0.923. The van der Waals surface area contributed by atoms with Crippen LogP contribution in [0.15, 0.2) is 0 Å². The number of nitrogens with zero attached hydrogens (tertiary/aromatic N) is 1. The standard InChI is InChI=1S/C13H27N3O2/c1-11(2)18-8-4-5-15-13(17)10-16-7-6-14-9-12(16)3/h11-12,14H,4-10H2,1-3H3,(H,15,17)/t12-/m0/s1. The first-order valence-corrected chi connectivity index (χ1v) is 6.92. The van der Waals surface area contributed by atoms with Crippen molar-refractivity contribution in [3.63, 3.8) is 0 Å². The van der Waals surface area contributed by atoms with Gasteiger partial charge in [-0.2, -0.15) is 0 Å². The lowest BCUT2D eigenvalue weighted by Crippen LogP contribution is -2.52. The summed E-state index contributed by atoms with van der Waals surface area (Å²) < 4.78 is 5.42. The molecule has 0 unspecified atom stereocenters.